The van der Waals surface area contributed by atoms with Gasteiger partial charge >= 0.3 is 0 Å². The summed E-state index contributed by atoms with van der Waals surface area (Å²) in [6.45, 7) is 2.93. The van der Waals surface area contributed by atoms with Crippen LogP contribution in [-0.4, -0.2) is 30.5 Å². The molecule has 0 spiro atoms. The Balaban J connectivity index is 1.54. The van der Waals surface area contributed by atoms with E-state index in [1.54, 1.807) is 13.2 Å². The fraction of sp³-hybridized carbons (Fsp3) is 0.409. The van der Waals surface area contributed by atoms with Crippen molar-refractivity contribution in [2.75, 3.05) is 13.7 Å². The molecule has 142 valence electrons. The maximum absolute atomic E-state index is 9.82. The van der Waals surface area contributed by atoms with Gasteiger partial charge in [0.25, 0.3) is 0 Å². The molecule has 2 atom stereocenters. The van der Waals surface area contributed by atoms with Gasteiger partial charge in [-0.2, -0.15) is 0 Å². The molecule has 0 radical (unpaired) electrons. The third-order valence-electron chi connectivity index (χ3n) is 5.48. The minimum Gasteiger partial charge on any atom is -0.504 e. The first-order valence-electron chi connectivity index (χ1n) is 9.70. The summed E-state index contributed by atoms with van der Waals surface area (Å²) in [6, 6.07) is 5.66. The highest BCUT2D eigenvalue weighted by Gasteiger charge is 2.26. The van der Waals surface area contributed by atoms with Crippen molar-refractivity contribution < 1.29 is 9.84 Å². The van der Waals surface area contributed by atoms with Crippen molar-refractivity contribution in [3.05, 3.63) is 59.1 Å². The Bertz CT molecular complexity index is 851. The van der Waals surface area contributed by atoms with Crippen molar-refractivity contribution in [3.8, 4) is 11.5 Å². The Hall–Kier alpha value is -2.69. The SMILES string of the molecule is COc1cc(C2=NC(N[C@@H]3CCCC4=CCC(C)C=C43)=CNC2)ccc1O. The molecule has 5 heteroatoms. The van der Waals surface area contributed by atoms with Crippen molar-refractivity contribution in [1.82, 2.24) is 10.6 Å². The zero-order chi connectivity index (χ0) is 18.8. The van der Waals surface area contributed by atoms with Gasteiger partial charge in [-0.15, -0.1) is 0 Å². The summed E-state index contributed by atoms with van der Waals surface area (Å²) in [5, 5.41) is 16.8. The van der Waals surface area contributed by atoms with Gasteiger partial charge in [-0.3, -0.25) is 0 Å². The van der Waals surface area contributed by atoms with E-state index < -0.39 is 0 Å². The van der Waals surface area contributed by atoms with Crippen LogP contribution in [0.2, 0.25) is 0 Å². The molecule has 5 nitrogen and oxygen atoms in total. The quantitative estimate of drug-likeness (QED) is 0.762. The fourth-order valence-electron chi connectivity index (χ4n) is 4.05. The molecule has 0 saturated heterocycles. The number of phenolic OH excluding ortho intramolecular Hbond substituents is 1. The molecule has 0 bridgehead atoms. The van der Waals surface area contributed by atoms with Crippen LogP contribution in [0.4, 0.5) is 0 Å². The second-order valence-corrected chi connectivity index (χ2v) is 7.51. The van der Waals surface area contributed by atoms with E-state index in [-0.39, 0.29) is 5.75 Å². The lowest BCUT2D eigenvalue weighted by atomic mass is 9.79. The predicted octanol–water partition coefficient (Wildman–Crippen LogP) is 3.63. The number of hydrogen-bond donors (Lipinski definition) is 3. The summed E-state index contributed by atoms with van der Waals surface area (Å²) in [5.41, 5.74) is 4.83. The molecule has 27 heavy (non-hydrogen) atoms. The summed E-state index contributed by atoms with van der Waals surface area (Å²) < 4.78 is 5.22. The number of aromatic hydroxyl groups is 1. The van der Waals surface area contributed by atoms with Crippen LogP contribution in [0.5, 0.6) is 11.5 Å². The summed E-state index contributed by atoms with van der Waals surface area (Å²) in [4.78, 5) is 4.83. The first-order chi connectivity index (χ1) is 13.1. The Morgan fingerprint density at radius 2 is 2.22 bits per heavy atom. The Morgan fingerprint density at radius 3 is 3.07 bits per heavy atom. The van der Waals surface area contributed by atoms with Crippen LogP contribution in [0.15, 0.2) is 58.5 Å². The molecule has 3 N–H and O–H groups in total. The third kappa shape index (κ3) is 3.72. The molecule has 4 rings (SSSR count). The summed E-state index contributed by atoms with van der Waals surface area (Å²) in [5.74, 6) is 2.06. The molecular formula is C22H27N3O2. The number of rotatable bonds is 4. The summed E-state index contributed by atoms with van der Waals surface area (Å²) >= 11 is 0. The summed E-state index contributed by atoms with van der Waals surface area (Å²) in [6.07, 6.45) is 11.5. The van der Waals surface area contributed by atoms with E-state index in [2.05, 4.69) is 29.7 Å². The standard InChI is InChI=1S/C22H27N3O2/c1-14-6-7-15-4-3-5-18(17(15)10-14)24-22-13-23-12-19(25-22)16-8-9-20(26)21(11-16)27-2/h7-11,13-14,18,23-24,26H,3-6,12H2,1-2H3/t14?,18-/m1/s1. The van der Waals surface area contributed by atoms with Crippen molar-refractivity contribution in [2.24, 2.45) is 10.9 Å². The van der Waals surface area contributed by atoms with Crippen molar-refractivity contribution in [3.63, 3.8) is 0 Å². The molecule has 1 unspecified atom stereocenters. The van der Waals surface area contributed by atoms with Crippen LogP contribution in [0.25, 0.3) is 0 Å². The second-order valence-electron chi connectivity index (χ2n) is 7.51. The number of methoxy groups -OCH3 is 1. The Labute approximate surface area is 160 Å². The number of nitrogens with one attached hydrogen (secondary N) is 2. The maximum Gasteiger partial charge on any atom is 0.161 e. The molecule has 1 aliphatic heterocycles. The number of hydrogen-bond acceptors (Lipinski definition) is 5. The average Bonchev–Trinajstić information content (AvgIpc) is 2.69. The van der Waals surface area contributed by atoms with Crippen molar-refractivity contribution in [1.29, 1.82) is 0 Å². The number of aliphatic imine (C=N–C) groups is 1. The first kappa shape index (κ1) is 17.7. The maximum atomic E-state index is 9.82. The van der Waals surface area contributed by atoms with E-state index >= 15 is 0 Å². The van der Waals surface area contributed by atoms with Gasteiger partial charge in [0.1, 0.15) is 5.82 Å². The van der Waals surface area contributed by atoms with Crippen LogP contribution in [0.1, 0.15) is 38.2 Å². The number of allylic oxidation sites excluding steroid dienone is 2. The predicted molar refractivity (Wildman–Crippen MR) is 108 cm³/mol. The fourth-order valence-corrected chi connectivity index (χ4v) is 4.05. The zero-order valence-corrected chi connectivity index (χ0v) is 16.0. The van der Waals surface area contributed by atoms with Crippen LogP contribution in [-0.2, 0) is 0 Å². The van der Waals surface area contributed by atoms with Crippen molar-refractivity contribution in [2.45, 2.75) is 38.6 Å². The van der Waals surface area contributed by atoms with Gasteiger partial charge < -0.3 is 20.5 Å². The van der Waals surface area contributed by atoms with Gasteiger partial charge in [0.05, 0.1) is 25.4 Å². The van der Waals surface area contributed by atoms with Crippen molar-refractivity contribution >= 4 is 5.71 Å². The van der Waals surface area contributed by atoms with Crippen LogP contribution < -0.4 is 15.4 Å². The van der Waals surface area contributed by atoms with Gasteiger partial charge in [0.2, 0.25) is 0 Å². The van der Waals surface area contributed by atoms with Gasteiger partial charge in [0.15, 0.2) is 11.5 Å². The minimum absolute atomic E-state index is 0.138. The highest BCUT2D eigenvalue weighted by atomic mass is 16.5. The molecule has 1 heterocycles. The minimum atomic E-state index is 0.138. The number of ether oxygens (including phenoxy) is 1. The topological polar surface area (TPSA) is 65.9 Å². The van der Waals surface area contributed by atoms with Gasteiger partial charge in [-0.1, -0.05) is 19.1 Å². The molecule has 1 aromatic rings. The molecule has 2 aliphatic carbocycles. The van der Waals surface area contributed by atoms with E-state index in [9.17, 15) is 5.11 Å². The summed E-state index contributed by atoms with van der Waals surface area (Å²) in [7, 11) is 1.56. The zero-order valence-electron chi connectivity index (χ0n) is 16.0. The van der Waals surface area contributed by atoms with Gasteiger partial charge in [-0.05, 0) is 60.9 Å². The van der Waals surface area contributed by atoms with E-state index in [4.69, 9.17) is 9.73 Å². The third-order valence-corrected chi connectivity index (χ3v) is 5.48. The van der Waals surface area contributed by atoms with E-state index in [0.717, 1.165) is 29.9 Å². The number of benzene rings is 1. The van der Waals surface area contributed by atoms with Crippen LogP contribution in [0, 0.1) is 5.92 Å². The molecule has 0 aromatic heterocycles. The smallest absolute Gasteiger partial charge is 0.161 e. The van der Waals surface area contributed by atoms with Crippen LogP contribution >= 0.6 is 0 Å². The van der Waals surface area contributed by atoms with E-state index in [1.807, 2.05) is 18.3 Å². The number of phenols is 1. The molecular weight excluding hydrogens is 338 g/mol. The molecule has 1 fully saturated rings. The lowest BCUT2D eigenvalue weighted by Gasteiger charge is -2.33. The van der Waals surface area contributed by atoms with Gasteiger partial charge in [-0.25, -0.2) is 4.99 Å². The Kier molecular flexibility index (Phi) is 4.92. The highest BCUT2D eigenvalue weighted by Crippen LogP contribution is 2.35. The molecule has 0 amide bonds. The normalized spacial score (nSPS) is 24.5. The lowest BCUT2D eigenvalue weighted by Crippen LogP contribution is -2.37. The lowest BCUT2D eigenvalue weighted by molar-refractivity contribution is 0.373. The van der Waals surface area contributed by atoms with E-state index in [0.29, 0.717) is 24.3 Å². The van der Waals surface area contributed by atoms with Gasteiger partial charge in [0, 0.05) is 11.8 Å². The largest absolute Gasteiger partial charge is 0.504 e. The monoisotopic (exact) mass is 365 g/mol. The molecule has 3 aliphatic rings. The Morgan fingerprint density at radius 1 is 1.33 bits per heavy atom. The number of nitrogens with zero attached hydrogens (tertiary/aromatic N) is 1. The average molecular weight is 365 g/mol. The highest BCUT2D eigenvalue weighted by molar-refractivity contribution is 6.03. The van der Waals surface area contributed by atoms with E-state index in [1.165, 1.54) is 24.0 Å². The molecule has 1 aromatic carbocycles. The molecule has 1 saturated carbocycles. The number of fused-ring (bicyclic) bond motifs is 1. The first-order valence-corrected chi connectivity index (χ1v) is 9.70. The second kappa shape index (κ2) is 7.51. The van der Waals surface area contributed by atoms with Crippen LogP contribution in [0.3, 0.4) is 0 Å².